The molecular weight excluding hydrogens is 308 g/mol. The van der Waals surface area contributed by atoms with Crippen LogP contribution in [0.15, 0.2) is 41.3 Å². The molecule has 0 saturated carbocycles. The summed E-state index contributed by atoms with van der Waals surface area (Å²) in [5.74, 6) is 0. The second-order valence-electron chi connectivity index (χ2n) is 4.95. The van der Waals surface area contributed by atoms with Gasteiger partial charge in [-0.1, -0.05) is 23.7 Å². The minimum absolute atomic E-state index is 0.100. The fourth-order valence-electron chi connectivity index (χ4n) is 2.02. The molecule has 2 rings (SSSR count). The van der Waals surface area contributed by atoms with E-state index in [1.54, 1.807) is 12.1 Å². The van der Waals surface area contributed by atoms with Crippen molar-refractivity contribution in [1.82, 2.24) is 0 Å². The Morgan fingerprint density at radius 2 is 1.81 bits per heavy atom. The van der Waals surface area contributed by atoms with Crippen molar-refractivity contribution < 1.29 is 8.42 Å². The summed E-state index contributed by atoms with van der Waals surface area (Å²) in [5, 5.41) is 9.09. The number of halogens is 1. The molecule has 0 atom stereocenters. The molecule has 0 bridgehead atoms. The Morgan fingerprint density at radius 3 is 2.43 bits per heavy atom. The zero-order chi connectivity index (χ0) is 15.6. The van der Waals surface area contributed by atoms with Crippen molar-refractivity contribution >= 4 is 27.3 Å². The molecule has 0 aromatic heterocycles. The van der Waals surface area contributed by atoms with Gasteiger partial charge in [0.05, 0.1) is 4.90 Å². The van der Waals surface area contributed by atoms with E-state index in [4.69, 9.17) is 16.7 Å². The van der Waals surface area contributed by atoms with E-state index in [0.717, 1.165) is 22.4 Å². The van der Waals surface area contributed by atoms with Crippen molar-refractivity contribution in [3.05, 3.63) is 58.1 Å². The fraction of sp³-hybridized carbons (Fsp3) is 0.200. The zero-order valence-corrected chi connectivity index (χ0v) is 13.4. The van der Waals surface area contributed by atoms with Gasteiger partial charge in [-0.25, -0.2) is 13.6 Å². The lowest BCUT2D eigenvalue weighted by atomic mass is 10.1. The Hall–Kier alpha value is -1.56. The molecule has 112 valence electrons. The Balaban J connectivity index is 2.23. The van der Waals surface area contributed by atoms with Gasteiger partial charge in [-0.3, -0.25) is 0 Å². The molecule has 21 heavy (non-hydrogen) atoms. The number of aryl methyl sites for hydroxylation is 2. The highest BCUT2D eigenvalue weighted by atomic mass is 35.5. The normalized spacial score (nSPS) is 11.4. The second-order valence-corrected chi connectivity index (χ2v) is 6.94. The minimum atomic E-state index is -3.70. The van der Waals surface area contributed by atoms with Crippen molar-refractivity contribution in [1.29, 1.82) is 0 Å². The predicted molar refractivity (Wildman–Crippen MR) is 86.1 cm³/mol. The number of sulfonamides is 1. The van der Waals surface area contributed by atoms with E-state index in [2.05, 4.69) is 5.32 Å². The molecule has 4 nitrogen and oxygen atoms in total. The minimum Gasteiger partial charge on any atom is -0.381 e. The largest absolute Gasteiger partial charge is 0.381 e. The predicted octanol–water partition coefficient (Wildman–Crippen LogP) is 3.22. The Morgan fingerprint density at radius 1 is 1.10 bits per heavy atom. The van der Waals surface area contributed by atoms with Crippen LogP contribution in [0, 0.1) is 13.8 Å². The first kappa shape index (κ1) is 15.8. The van der Waals surface area contributed by atoms with E-state index in [0.29, 0.717) is 11.6 Å². The van der Waals surface area contributed by atoms with Gasteiger partial charge in [-0.2, -0.15) is 0 Å². The van der Waals surface area contributed by atoms with Crippen LogP contribution in [0.3, 0.4) is 0 Å². The lowest BCUT2D eigenvalue weighted by Gasteiger charge is -2.12. The molecule has 0 radical (unpaired) electrons. The average molecular weight is 325 g/mol. The maximum absolute atomic E-state index is 11.4. The molecule has 0 aliphatic carbocycles. The van der Waals surface area contributed by atoms with Gasteiger partial charge in [0.25, 0.3) is 0 Å². The molecule has 0 unspecified atom stereocenters. The Labute approximate surface area is 130 Å². The van der Waals surface area contributed by atoms with Crippen LogP contribution in [0.2, 0.25) is 5.02 Å². The number of hydrogen-bond donors (Lipinski definition) is 2. The van der Waals surface area contributed by atoms with E-state index >= 15 is 0 Å². The van der Waals surface area contributed by atoms with Gasteiger partial charge in [-0.05, 0) is 54.8 Å². The van der Waals surface area contributed by atoms with Crippen molar-refractivity contribution in [3.63, 3.8) is 0 Å². The van der Waals surface area contributed by atoms with Gasteiger partial charge in [0.2, 0.25) is 10.0 Å². The van der Waals surface area contributed by atoms with Crippen LogP contribution in [-0.4, -0.2) is 8.42 Å². The number of benzene rings is 2. The van der Waals surface area contributed by atoms with Gasteiger partial charge in [0.1, 0.15) is 0 Å². The first-order valence-electron chi connectivity index (χ1n) is 6.40. The number of hydrogen-bond acceptors (Lipinski definition) is 3. The van der Waals surface area contributed by atoms with Crippen LogP contribution >= 0.6 is 11.6 Å². The lowest BCUT2D eigenvalue weighted by Crippen LogP contribution is -2.13. The molecule has 2 aromatic carbocycles. The van der Waals surface area contributed by atoms with Crippen LogP contribution in [-0.2, 0) is 16.6 Å². The summed E-state index contributed by atoms with van der Waals surface area (Å²) in [7, 11) is -3.70. The molecule has 0 aliphatic heterocycles. The molecule has 0 fully saturated rings. The monoisotopic (exact) mass is 324 g/mol. The topological polar surface area (TPSA) is 72.2 Å². The smallest absolute Gasteiger partial charge is 0.238 e. The number of anilines is 1. The number of rotatable bonds is 4. The summed E-state index contributed by atoms with van der Waals surface area (Å²) in [6.07, 6.45) is 0. The summed E-state index contributed by atoms with van der Waals surface area (Å²) in [6, 6.07) is 10.5. The zero-order valence-electron chi connectivity index (χ0n) is 11.9. The highest BCUT2D eigenvalue weighted by Gasteiger charge is 2.10. The molecular formula is C15H17ClN2O2S. The quantitative estimate of drug-likeness (QED) is 0.907. The number of nitrogens with one attached hydrogen (secondary N) is 1. The van der Waals surface area contributed by atoms with Gasteiger partial charge in [0, 0.05) is 17.3 Å². The molecule has 0 heterocycles. The van der Waals surface area contributed by atoms with E-state index < -0.39 is 10.0 Å². The average Bonchev–Trinajstić information content (AvgIpc) is 2.38. The molecule has 2 aromatic rings. The Bertz CT molecular complexity index is 773. The van der Waals surface area contributed by atoms with Crippen LogP contribution in [0.5, 0.6) is 0 Å². The SMILES string of the molecule is Cc1cc(Cl)ccc1CNc1cc(S(N)(=O)=O)ccc1C. The highest BCUT2D eigenvalue weighted by molar-refractivity contribution is 7.89. The van der Waals surface area contributed by atoms with Gasteiger partial charge < -0.3 is 5.32 Å². The van der Waals surface area contributed by atoms with Crippen molar-refractivity contribution in [2.24, 2.45) is 5.14 Å². The summed E-state index contributed by atoms with van der Waals surface area (Å²) >= 11 is 5.93. The summed E-state index contributed by atoms with van der Waals surface area (Å²) < 4.78 is 22.8. The third-order valence-electron chi connectivity index (χ3n) is 3.31. The first-order chi connectivity index (χ1) is 9.77. The molecule has 6 heteroatoms. The third kappa shape index (κ3) is 3.97. The first-order valence-corrected chi connectivity index (χ1v) is 8.32. The molecule has 0 saturated heterocycles. The van der Waals surface area contributed by atoms with Crippen LogP contribution in [0.25, 0.3) is 0 Å². The molecule has 0 spiro atoms. The van der Waals surface area contributed by atoms with Crippen molar-refractivity contribution in [3.8, 4) is 0 Å². The van der Waals surface area contributed by atoms with Crippen molar-refractivity contribution in [2.75, 3.05) is 5.32 Å². The molecule has 0 aliphatic rings. The standard InChI is InChI=1S/C15H17ClN2O2S/c1-10-3-6-14(21(17,19)20)8-15(10)18-9-12-4-5-13(16)7-11(12)2/h3-8,18H,9H2,1-2H3,(H2,17,19,20). The van der Waals surface area contributed by atoms with Gasteiger partial charge >= 0.3 is 0 Å². The maximum atomic E-state index is 11.4. The second kappa shape index (κ2) is 6.05. The summed E-state index contributed by atoms with van der Waals surface area (Å²) in [4.78, 5) is 0.100. The van der Waals surface area contributed by atoms with Crippen LogP contribution in [0.1, 0.15) is 16.7 Å². The highest BCUT2D eigenvalue weighted by Crippen LogP contribution is 2.21. The lowest BCUT2D eigenvalue weighted by molar-refractivity contribution is 0.598. The van der Waals surface area contributed by atoms with E-state index in [-0.39, 0.29) is 4.90 Å². The van der Waals surface area contributed by atoms with E-state index in [9.17, 15) is 8.42 Å². The molecule has 3 N–H and O–H groups in total. The number of primary sulfonamides is 1. The van der Waals surface area contributed by atoms with Crippen LogP contribution in [0.4, 0.5) is 5.69 Å². The van der Waals surface area contributed by atoms with Crippen LogP contribution < -0.4 is 10.5 Å². The van der Waals surface area contributed by atoms with Gasteiger partial charge in [0.15, 0.2) is 0 Å². The molecule has 0 amide bonds. The maximum Gasteiger partial charge on any atom is 0.238 e. The fourth-order valence-corrected chi connectivity index (χ4v) is 2.78. The number of nitrogens with two attached hydrogens (primary N) is 1. The summed E-state index contributed by atoms with van der Waals surface area (Å²) in [6.45, 7) is 4.47. The van der Waals surface area contributed by atoms with E-state index in [1.165, 1.54) is 6.07 Å². The third-order valence-corrected chi connectivity index (χ3v) is 4.46. The van der Waals surface area contributed by atoms with Gasteiger partial charge in [-0.15, -0.1) is 0 Å². The summed E-state index contributed by atoms with van der Waals surface area (Å²) in [5.41, 5.74) is 3.87. The van der Waals surface area contributed by atoms with Crippen molar-refractivity contribution in [2.45, 2.75) is 25.3 Å². The Kier molecular flexibility index (Phi) is 4.56. The van der Waals surface area contributed by atoms with E-state index in [1.807, 2.05) is 32.0 Å².